The van der Waals surface area contributed by atoms with Crippen LogP contribution in [-0.2, 0) is 27.9 Å². The molecule has 2 atom stereocenters. The molecule has 0 aromatic rings. The smallest absolute Gasteiger partial charge is 0.306 e. The molecule has 0 radical (unpaired) electrons. The Hall–Kier alpha value is -0.500. The number of carbonyl (C=O) groups excluding carboxylic acids is 1. The first-order valence-corrected chi connectivity index (χ1v) is 24.7. The van der Waals surface area contributed by atoms with Crippen LogP contribution in [0.4, 0.5) is 0 Å². The summed E-state index contributed by atoms with van der Waals surface area (Å²) in [5.41, 5.74) is 0. The molecule has 54 heavy (non-hydrogen) atoms. The number of hydrogen-bond donors (Lipinski definition) is 0. The molecule has 0 aromatic heterocycles. The summed E-state index contributed by atoms with van der Waals surface area (Å²) in [6.45, 7) is 5.48. The van der Waals surface area contributed by atoms with E-state index >= 15 is 0 Å². The minimum atomic E-state index is -4.52. The lowest BCUT2D eigenvalue weighted by molar-refractivity contribution is -0.870. The standard InChI is InChI=1S/C45H92NO7P/c1-6-8-10-12-14-16-18-20-22-24-26-28-30-32-34-36-38-45(47)53-44(43-52-54(48,49)51-41-39-46(3,4)5)42-50-40-37-35-33-31-29-27-25-23-21-19-17-15-13-11-9-7-2/h44H,6-43H2,1-5H3. The van der Waals surface area contributed by atoms with Crippen LogP contribution in [0.15, 0.2) is 0 Å². The Morgan fingerprint density at radius 2 is 0.852 bits per heavy atom. The molecule has 0 saturated heterocycles. The number of ether oxygens (including phenoxy) is 2. The molecule has 2 unspecified atom stereocenters. The number of esters is 1. The van der Waals surface area contributed by atoms with Crippen LogP contribution in [-0.4, -0.2) is 70.7 Å². The Balaban J connectivity index is 4.15. The zero-order valence-corrected chi connectivity index (χ0v) is 37.6. The molecule has 0 spiro atoms. The van der Waals surface area contributed by atoms with E-state index in [0.717, 1.165) is 32.1 Å². The van der Waals surface area contributed by atoms with E-state index in [-0.39, 0.29) is 25.8 Å². The van der Waals surface area contributed by atoms with Gasteiger partial charge in [0.25, 0.3) is 7.82 Å². The zero-order valence-electron chi connectivity index (χ0n) is 36.7. The van der Waals surface area contributed by atoms with Crippen molar-refractivity contribution in [2.45, 2.75) is 232 Å². The van der Waals surface area contributed by atoms with Crippen LogP contribution >= 0.6 is 7.82 Å². The van der Waals surface area contributed by atoms with Gasteiger partial charge in [0.15, 0.2) is 0 Å². The summed E-state index contributed by atoms with van der Waals surface area (Å²) >= 11 is 0. The second-order valence-corrected chi connectivity index (χ2v) is 18.5. The van der Waals surface area contributed by atoms with Gasteiger partial charge in [-0.2, -0.15) is 0 Å². The largest absolute Gasteiger partial charge is 0.756 e. The molecule has 0 N–H and O–H groups in total. The number of nitrogens with zero attached hydrogens (tertiary/aromatic N) is 1. The molecule has 0 aliphatic heterocycles. The van der Waals surface area contributed by atoms with Crippen molar-refractivity contribution in [2.75, 3.05) is 54.1 Å². The van der Waals surface area contributed by atoms with Crippen LogP contribution in [0.3, 0.4) is 0 Å². The maximum atomic E-state index is 12.7. The van der Waals surface area contributed by atoms with E-state index in [0.29, 0.717) is 24.1 Å². The molecule has 0 heterocycles. The summed E-state index contributed by atoms with van der Waals surface area (Å²) in [5, 5.41) is 0. The fraction of sp³-hybridized carbons (Fsp3) is 0.978. The number of rotatable bonds is 44. The number of hydrogen-bond acceptors (Lipinski definition) is 7. The highest BCUT2D eigenvalue weighted by Gasteiger charge is 2.20. The second kappa shape index (κ2) is 39.3. The van der Waals surface area contributed by atoms with Gasteiger partial charge >= 0.3 is 5.97 Å². The van der Waals surface area contributed by atoms with E-state index in [9.17, 15) is 14.3 Å². The maximum absolute atomic E-state index is 12.7. The lowest BCUT2D eigenvalue weighted by Gasteiger charge is -2.28. The molecule has 8 nitrogen and oxygen atoms in total. The van der Waals surface area contributed by atoms with Gasteiger partial charge in [-0.3, -0.25) is 9.36 Å². The molecular weight excluding hydrogens is 697 g/mol. The first-order chi connectivity index (χ1) is 26.1. The topological polar surface area (TPSA) is 94.1 Å². The van der Waals surface area contributed by atoms with E-state index in [1.165, 1.54) is 173 Å². The normalized spacial score (nSPS) is 13.7. The highest BCUT2D eigenvalue weighted by atomic mass is 31.2. The maximum Gasteiger partial charge on any atom is 0.306 e. The van der Waals surface area contributed by atoms with Crippen molar-refractivity contribution < 1.29 is 37.3 Å². The molecule has 0 aromatic carbocycles. The highest BCUT2D eigenvalue weighted by Crippen LogP contribution is 2.38. The molecule has 0 amide bonds. The van der Waals surface area contributed by atoms with Crippen molar-refractivity contribution in [2.24, 2.45) is 0 Å². The van der Waals surface area contributed by atoms with Crippen molar-refractivity contribution in [3.63, 3.8) is 0 Å². The fourth-order valence-electron chi connectivity index (χ4n) is 6.78. The predicted octanol–water partition coefficient (Wildman–Crippen LogP) is 13.0. The van der Waals surface area contributed by atoms with E-state index in [1.54, 1.807) is 0 Å². The summed E-state index contributed by atoms with van der Waals surface area (Å²) in [6.07, 6.45) is 41.1. The first-order valence-electron chi connectivity index (χ1n) is 23.3. The third-order valence-corrected chi connectivity index (χ3v) is 11.4. The van der Waals surface area contributed by atoms with Crippen LogP contribution in [0.2, 0.25) is 0 Å². The third kappa shape index (κ3) is 42.6. The second-order valence-electron chi connectivity index (χ2n) is 17.1. The Bertz CT molecular complexity index is 837. The molecule has 0 aliphatic rings. The molecule has 0 aliphatic carbocycles. The SMILES string of the molecule is CCCCCCCCCCCCCCCCCCOCC(COP(=O)([O-])OCC[N+](C)(C)C)OC(=O)CCCCCCCCCCCCCCCCCC. The van der Waals surface area contributed by atoms with Gasteiger partial charge in [0.1, 0.15) is 19.3 Å². The molecule has 324 valence electrons. The van der Waals surface area contributed by atoms with Crippen LogP contribution < -0.4 is 4.89 Å². The van der Waals surface area contributed by atoms with E-state index < -0.39 is 13.9 Å². The van der Waals surface area contributed by atoms with Gasteiger partial charge < -0.3 is 27.9 Å². The van der Waals surface area contributed by atoms with E-state index in [1.807, 2.05) is 21.1 Å². The number of unbranched alkanes of at least 4 members (excludes halogenated alkanes) is 30. The average molecular weight is 790 g/mol. The van der Waals surface area contributed by atoms with E-state index in [4.69, 9.17) is 18.5 Å². The van der Waals surface area contributed by atoms with Crippen LogP contribution in [0.1, 0.15) is 226 Å². The number of carbonyl (C=O) groups is 1. The fourth-order valence-corrected chi connectivity index (χ4v) is 7.51. The minimum absolute atomic E-state index is 0.0315. The number of phosphoric acid groups is 1. The molecule has 9 heteroatoms. The first kappa shape index (κ1) is 53.5. The predicted molar refractivity (Wildman–Crippen MR) is 227 cm³/mol. The lowest BCUT2D eigenvalue weighted by atomic mass is 10.0. The summed E-state index contributed by atoms with van der Waals surface area (Å²) in [6, 6.07) is 0. The lowest BCUT2D eigenvalue weighted by Crippen LogP contribution is -2.37. The Labute approximate surface area is 336 Å². The van der Waals surface area contributed by atoms with Crippen LogP contribution in [0.5, 0.6) is 0 Å². The number of likely N-dealkylation sites (N-methyl/N-ethyl adjacent to an activating group) is 1. The van der Waals surface area contributed by atoms with Crippen LogP contribution in [0, 0.1) is 0 Å². The Kier molecular flexibility index (Phi) is 39.0. The van der Waals surface area contributed by atoms with E-state index in [2.05, 4.69) is 13.8 Å². The molecule has 0 saturated carbocycles. The van der Waals surface area contributed by atoms with Gasteiger partial charge in [0, 0.05) is 13.0 Å². The minimum Gasteiger partial charge on any atom is -0.756 e. The van der Waals surface area contributed by atoms with Gasteiger partial charge in [0.05, 0.1) is 34.4 Å². The highest BCUT2D eigenvalue weighted by molar-refractivity contribution is 7.45. The molecule has 0 rings (SSSR count). The van der Waals surface area contributed by atoms with Crippen molar-refractivity contribution in [3.8, 4) is 0 Å². The van der Waals surface area contributed by atoms with Crippen molar-refractivity contribution >= 4 is 13.8 Å². The number of phosphoric ester groups is 1. The van der Waals surface area contributed by atoms with Gasteiger partial charge in [-0.1, -0.05) is 206 Å². The quantitative estimate of drug-likeness (QED) is 0.0262. The monoisotopic (exact) mass is 790 g/mol. The summed E-state index contributed by atoms with van der Waals surface area (Å²) in [7, 11) is 1.38. The van der Waals surface area contributed by atoms with Gasteiger partial charge in [-0.25, -0.2) is 0 Å². The van der Waals surface area contributed by atoms with Crippen molar-refractivity contribution in [1.29, 1.82) is 0 Å². The van der Waals surface area contributed by atoms with Gasteiger partial charge in [0.2, 0.25) is 0 Å². The van der Waals surface area contributed by atoms with Gasteiger partial charge in [-0.15, -0.1) is 0 Å². The molecule has 0 bridgehead atoms. The Morgan fingerprint density at radius 3 is 1.22 bits per heavy atom. The average Bonchev–Trinajstić information content (AvgIpc) is 3.12. The third-order valence-electron chi connectivity index (χ3n) is 10.4. The van der Waals surface area contributed by atoms with Gasteiger partial charge in [-0.05, 0) is 12.8 Å². The zero-order chi connectivity index (χ0) is 39.9. The Morgan fingerprint density at radius 1 is 0.500 bits per heavy atom. The molecule has 0 fully saturated rings. The summed E-state index contributed by atoms with van der Waals surface area (Å²) < 4.78 is 34.7. The van der Waals surface area contributed by atoms with Crippen molar-refractivity contribution in [1.82, 2.24) is 0 Å². The van der Waals surface area contributed by atoms with Crippen LogP contribution in [0.25, 0.3) is 0 Å². The van der Waals surface area contributed by atoms with Crippen molar-refractivity contribution in [3.05, 3.63) is 0 Å². The summed E-state index contributed by atoms with van der Waals surface area (Å²) in [5.74, 6) is -0.327. The summed E-state index contributed by atoms with van der Waals surface area (Å²) in [4.78, 5) is 25.1. The molecular formula is C45H92NO7P. The number of quaternary nitrogens is 1.